The zero-order valence-corrected chi connectivity index (χ0v) is 11.5. The third-order valence-corrected chi connectivity index (χ3v) is 3.41. The van der Waals surface area contributed by atoms with Crippen molar-refractivity contribution in [1.29, 1.82) is 0 Å². The fourth-order valence-corrected chi connectivity index (χ4v) is 2.32. The zero-order valence-electron chi connectivity index (χ0n) is 10.6. The molecule has 0 N–H and O–H groups in total. The summed E-state index contributed by atoms with van der Waals surface area (Å²) >= 11 is 1.56. The van der Waals surface area contributed by atoms with E-state index in [1.54, 1.807) is 17.4 Å². The van der Waals surface area contributed by atoms with Crippen molar-refractivity contribution < 1.29 is 4.92 Å². The first kappa shape index (κ1) is 13.7. The fourth-order valence-electron chi connectivity index (χ4n) is 1.43. The highest BCUT2D eigenvalue weighted by Crippen LogP contribution is 2.27. The van der Waals surface area contributed by atoms with Crippen LogP contribution in [0.25, 0.3) is 6.08 Å². The topological polar surface area (TPSA) is 46.4 Å². The van der Waals surface area contributed by atoms with E-state index in [2.05, 4.69) is 0 Å². The van der Waals surface area contributed by atoms with Gasteiger partial charge in [0.1, 0.15) is 0 Å². The van der Waals surface area contributed by atoms with Crippen molar-refractivity contribution in [2.24, 2.45) is 5.92 Å². The van der Waals surface area contributed by atoms with E-state index in [1.165, 1.54) is 0 Å². The molecule has 1 aromatic rings. The van der Waals surface area contributed by atoms with Crippen LogP contribution in [0, 0.1) is 16.0 Å². The second-order valence-corrected chi connectivity index (χ2v) is 5.65. The molecule has 5 heteroatoms. The SMILES string of the molecule is CC(C)C/C(=C\c1ccc(N(C)C)s1)[N+](=O)[O-]. The minimum Gasteiger partial charge on any atom is -0.370 e. The quantitative estimate of drug-likeness (QED) is 0.597. The summed E-state index contributed by atoms with van der Waals surface area (Å²) in [7, 11) is 3.92. The molecule has 0 aliphatic heterocycles. The molecule has 94 valence electrons. The summed E-state index contributed by atoms with van der Waals surface area (Å²) in [5.74, 6) is 0.292. The first-order valence-electron chi connectivity index (χ1n) is 5.52. The molecular formula is C12H18N2O2S. The molecule has 0 aromatic carbocycles. The summed E-state index contributed by atoms with van der Waals surface area (Å²) in [6.45, 7) is 3.97. The van der Waals surface area contributed by atoms with E-state index in [0.29, 0.717) is 12.3 Å². The number of allylic oxidation sites excluding steroid dienone is 1. The lowest BCUT2D eigenvalue weighted by Gasteiger charge is -2.06. The van der Waals surface area contributed by atoms with E-state index in [9.17, 15) is 10.1 Å². The molecule has 0 amide bonds. The van der Waals surface area contributed by atoms with Crippen LogP contribution in [0.2, 0.25) is 0 Å². The van der Waals surface area contributed by atoms with Gasteiger partial charge in [0, 0.05) is 31.5 Å². The Labute approximate surface area is 106 Å². The van der Waals surface area contributed by atoms with Crippen molar-refractivity contribution in [2.45, 2.75) is 20.3 Å². The van der Waals surface area contributed by atoms with Gasteiger partial charge in [0.15, 0.2) is 0 Å². The second kappa shape index (κ2) is 5.82. The molecule has 1 aromatic heterocycles. The van der Waals surface area contributed by atoms with Gasteiger partial charge in [-0.2, -0.15) is 0 Å². The first-order chi connectivity index (χ1) is 7.90. The van der Waals surface area contributed by atoms with Crippen molar-refractivity contribution in [3.63, 3.8) is 0 Å². The molecule has 17 heavy (non-hydrogen) atoms. The number of hydrogen-bond acceptors (Lipinski definition) is 4. The van der Waals surface area contributed by atoms with E-state index in [-0.39, 0.29) is 10.6 Å². The van der Waals surface area contributed by atoms with E-state index >= 15 is 0 Å². The molecule has 4 nitrogen and oxygen atoms in total. The van der Waals surface area contributed by atoms with Gasteiger partial charge in [-0.25, -0.2) is 0 Å². The molecule has 1 heterocycles. The van der Waals surface area contributed by atoms with Gasteiger partial charge in [-0.1, -0.05) is 13.8 Å². The number of nitrogens with zero attached hydrogens (tertiary/aromatic N) is 2. The van der Waals surface area contributed by atoms with Crippen LogP contribution in [-0.2, 0) is 0 Å². The third kappa shape index (κ3) is 4.19. The van der Waals surface area contributed by atoms with Crippen molar-refractivity contribution >= 4 is 22.4 Å². The van der Waals surface area contributed by atoms with Gasteiger partial charge in [0.05, 0.1) is 9.92 Å². The molecule has 0 aliphatic carbocycles. The fraction of sp³-hybridized carbons (Fsp3) is 0.500. The molecule has 0 aliphatic rings. The van der Waals surface area contributed by atoms with Crippen molar-refractivity contribution in [3.8, 4) is 0 Å². The average Bonchev–Trinajstić information content (AvgIpc) is 2.64. The number of anilines is 1. The normalized spacial score (nSPS) is 11.9. The largest absolute Gasteiger partial charge is 0.370 e. The Hall–Kier alpha value is -1.36. The van der Waals surface area contributed by atoms with Crippen LogP contribution < -0.4 is 4.90 Å². The molecule has 0 saturated heterocycles. The Morgan fingerprint density at radius 2 is 2.18 bits per heavy atom. The molecule has 1 rings (SSSR count). The number of nitro groups is 1. The van der Waals surface area contributed by atoms with Crippen molar-refractivity contribution in [2.75, 3.05) is 19.0 Å². The maximum atomic E-state index is 10.9. The van der Waals surface area contributed by atoms with Crippen molar-refractivity contribution in [3.05, 3.63) is 32.8 Å². The number of hydrogen-bond donors (Lipinski definition) is 0. The monoisotopic (exact) mass is 254 g/mol. The summed E-state index contributed by atoms with van der Waals surface area (Å²) in [6, 6.07) is 3.90. The molecule has 0 bridgehead atoms. The molecule has 0 unspecified atom stereocenters. The summed E-state index contributed by atoms with van der Waals surface area (Å²) in [5.41, 5.74) is 0.284. The minimum atomic E-state index is -0.283. The molecule has 0 fully saturated rings. The van der Waals surface area contributed by atoms with Gasteiger partial charge < -0.3 is 4.90 Å². The van der Waals surface area contributed by atoms with Gasteiger partial charge >= 0.3 is 0 Å². The van der Waals surface area contributed by atoms with E-state index in [0.717, 1.165) is 9.88 Å². The van der Waals surface area contributed by atoms with Gasteiger partial charge in [-0.3, -0.25) is 10.1 Å². The van der Waals surface area contributed by atoms with Crippen LogP contribution >= 0.6 is 11.3 Å². The molecule has 0 radical (unpaired) electrons. The highest BCUT2D eigenvalue weighted by atomic mass is 32.1. The molecular weight excluding hydrogens is 236 g/mol. The van der Waals surface area contributed by atoms with Crippen LogP contribution in [-0.4, -0.2) is 19.0 Å². The van der Waals surface area contributed by atoms with Gasteiger partial charge in [-0.05, 0) is 18.1 Å². The minimum absolute atomic E-state index is 0.283. The highest BCUT2D eigenvalue weighted by molar-refractivity contribution is 7.16. The van der Waals surface area contributed by atoms with Crippen molar-refractivity contribution in [1.82, 2.24) is 0 Å². The van der Waals surface area contributed by atoms with E-state index in [4.69, 9.17) is 0 Å². The maximum absolute atomic E-state index is 10.9. The predicted molar refractivity (Wildman–Crippen MR) is 73.1 cm³/mol. The van der Waals surface area contributed by atoms with Crippen LogP contribution in [0.15, 0.2) is 17.8 Å². The standard InChI is InChI=1S/C12H18N2O2S/c1-9(2)7-10(14(15)16)8-11-5-6-12(17-11)13(3)4/h5-6,8-9H,7H2,1-4H3/b10-8+. The maximum Gasteiger partial charge on any atom is 0.247 e. The Kier molecular flexibility index (Phi) is 4.69. The summed E-state index contributed by atoms with van der Waals surface area (Å²) < 4.78 is 0. The predicted octanol–water partition coefficient (Wildman–Crippen LogP) is 3.48. The van der Waals surface area contributed by atoms with Crippen LogP contribution in [0.5, 0.6) is 0 Å². The van der Waals surface area contributed by atoms with Gasteiger partial charge in [0.2, 0.25) is 5.70 Å². The van der Waals surface area contributed by atoms with E-state index < -0.39 is 0 Å². The zero-order chi connectivity index (χ0) is 13.0. The Morgan fingerprint density at radius 1 is 1.53 bits per heavy atom. The highest BCUT2D eigenvalue weighted by Gasteiger charge is 2.13. The van der Waals surface area contributed by atoms with Crippen LogP contribution in [0.1, 0.15) is 25.1 Å². The van der Waals surface area contributed by atoms with Crippen LogP contribution in [0.3, 0.4) is 0 Å². The lowest BCUT2D eigenvalue weighted by atomic mass is 10.1. The number of rotatable bonds is 5. The first-order valence-corrected chi connectivity index (χ1v) is 6.34. The number of thiophene rings is 1. The summed E-state index contributed by atoms with van der Waals surface area (Å²) in [4.78, 5) is 13.6. The molecule has 0 spiro atoms. The Morgan fingerprint density at radius 3 is 2.59 bits per heavy atom. The lowest BCUT2D eigenvalue weighted by molar-refractivity contribution is -0.427. The van der Waals surface area contributed by atoms with Crippen LogP contribution in [0.4, 0.5) is 5.00 Å². The smallest absolute Gasteiger partial charge is 0.247 e. The third-order valence-electron chi connectivity index (χ3n) is 2.21. The molecule has 0 atom stereocenters. The van der Waals surface area contributed by atoms with Gasteiger partial charge in [0.25, 0.3) is 0 Å². The average molecular weight is 254 g/mol. The molecule has 0 saturated carbocycles. The summed E-state index contributed by atoms with van der Waals surface area (Å²) in [5, 5.41) is 12.0. The Balaban J connectivity index is 2.92. The second-order valence-electron chi connectivity index (χ2n) is 4.56. The lowest BCUT2D eigenvalue weighted by Crippen LogP contribution is -2.05. The Bertz CT molecular complexity index is 422. The van der Waals surface area contributed by atoms with E-state index in [1.807, 2.05) is 45.0 Å². The summed E-state index contributed by atoms with van der Waals surface area (Å²) in [6.07, 6.45) is 2.18. The van der Waals surface area contributed by atoms with Gasteiger partial charge in [-0.15, -0.1) is 11.3 Å².